The van der Waals surface area contributed by atoms with Crippen molar-refractivity contribution in [2.24, 2.45) is 0 Å². The molecule has 0 bridgehead atoms. The van der Waals surface area contributed by atoms with E-state index in [-0.39, 0.29) is 0 Å². The average molecular weight is 246 g/mol. The lowest BCUT2D eigenvalue weighted by Gasteiger charge is -2.04. The minimum absolute atomic E-state index is 0.307. The third kappa shape index (κ3) is 1.71. The summed E-state index contributed by atoms with van der Waals surface area (Å²) in [5, 5.41) is 9.01. The normalized spacial score (nSPS) is 9.42. The topological polar surface area (TPSA) is 49.8 Å². The van der Waals surface area contributed by atoms with Gasteiger partial charge in [-0.25, -0.2) is 0 Å². The van der Waals surface area contributed by atoms with Crippen LogP contribution in [0.3, 0.4) is 0 Å². The molecule has 0 radical (unpaired) electrons. The van der Waals surface area contributed by atoms with Crippen LogP contribution < -0.4 is 5.73 Å². The van der Waals surface area contributed by atoms with Crippen LogP contribution in [0.25, 0.3) is 0 Å². The maximum absolute atomic E-state index is 8.45. The van der Waals surface area contributed by atoms with E-state index < -0.39 is 0 Å². The Bertz CT molecular complexity index is 344. The molecule has 0 unspecified atom stereocenters. The lowest BCUT2D eigenvalue weighted by atomic mass is 10.1. The fourth-order valence-electron chi connectivity index (χ4n) is 0.846. The number of nitrogen functional groups attached to an aromatic ring is 1. The number of nitriles is 1. The predicted molar refractivity (Wildman–Crippen MR) is 52.9 cm³/mol. The quantitative estimate of drug-likeness (QED) is 0.774. The van der Waals surface area contributed by atoms with E-state index in [1.54, 1.807) is 12.1 Å². The SMILES string of the molecule is N#CCc1ccc(Cl)c(Br)c1N. The molecular weight excluding hydrogens is 239 g/mol. The first kappa shape index (κ1) is 9.37. The molecule has 12 heavy (non-hydrogen) atoms. The number of nitrogens with zero attached hydrogens (tertiary/aromatic N) is 1. The lowest BCUT2D eigenvalue weighted by molar-refractivity contribution is 1.26. The molecule has 2 nitrogen and oxygen atoms in total. The minimum Gasteiger partial charge on any atom is -0.398 e. The van der Waals surface area contributed by atoms with Crippen LogP contribution >= 0.6 is 27.5 Å². The molecule has 0 fully saturated rings. The molecule has 1 aromatic rings. The molecule has 0 saturated carbocycles. The van der Waals surface area contributed by atoms with Gasteiger partial charge in [0.15, 0.2) is 0 Å². The minimum atomic E-state index is 0.307. The summed E-state index contributed by atoms with van der Waals surface area (Å²) in [6, 6.07) is 5.50. The molecular formula is C8H6BrClN2. The largest absolute Gasteiger partial charge is 0.398 e. The van der Waals surface area contributed by atoms with E-state index in [9.17, 15) is 0 Å². The van der Waals surface area contributed by atoms with Crippen LogP contribution in [0, 0.1) is 11.3 Å². The monoisotopic (exact) mass is 244 g/mol. The summed E-state index contributed by atoms with van der Waals surface area (Å²) >= 11 is 9.01. The van der Waals surface area contributed by atoms with Gasteiger partial charge in [0.2, 0.25) is 0 Å². The highest BCUT2D eigenvalue weighted by molar-refractivity contribution is 9.10. The van der Waals surface area contributed by atoms with Crippen molar-refractivity contribution in [1.29, 1.82) is 5.26 Å². The molecule has 0 saturated heterocycles. The molecule has 62 valence electrons. The summed E-state index contributed by atoms with van der Waals surface area (Å²) in [4.78, 5) is 0. The highest BCUT2D eigenvalue weighted by atomic mass is 79.9. The van der Waals surface area contributed by atoms with Crippen molar-refractivity contribution in [2.75, 3.05) is 5.73 Å². The van der Waals surface area contributed by atoms with E-state index in [0.29, 0.717) is 21.6 Å². The second kappa shape index (κ2) is 3.79. The molecule has 0 spiro atoms. The van der Waals surface area contributed by atoms with Gasteiger partial charge in [0, 0.05) is 0 Å². The smallest absolute Gasteiger partial charge is 0.0670 e. The second-order valence-corrected chi connectivity index (χ2v) is 3.47. The zero-order chi connectivity index (χ0) is 9.14. The van der Waals surface area contributed by atoms with E-state index >= 15 is 0 Å². The van der Waals surface area contributed by atoms with Gasteiger partial charge in [-0.1, -0.05) is 17.7 Å². The first-order chi connectivity index (χ1) is 5.66. The summed E-state index contributed by atoms with van der Waals surface area (Å²) in [5.41, 5.74) is 7.03. The Balaban J connectivity index is 3.19. The Hall–Kier alpha value is -0.720. The van der Waals surface area contributed by atoms with Crippen LogP contribution in [0.5, 0.6) is 0 Å². The summed E-state index contributed by atoms with van der Waals surface area (Å²) < 4.78 is 0.664. The average Bonchev–Trinajstić information content (AvgIpc) is 2.07. The van der Waals surface area contributed by atoms with Crippen LogP contribution in [0.15, 0.2) is 16.6 Å². The van der Waals surface area contributed by atoms with Crippen molar-refractivity contribution in [3.63, 3.8) is 0 Å². The Labute approximate surface area is 84.1 Å². The highest BCUT2D eigenvalue weighted by Crippen LogP contribution is 2.31. The van der Waals surface area contributed by atoms with Crippen molar-refractivity contribution >= 4 is 33.2 Å². The third-order valence-electron chi connectivity index (χ3n) is 1.49. The molecule has 0 heterocycles. The first-order valence-corrected chi connectivity index (χ1v) is 4.43. The van der Waals surface area contributed by atoms with Crippen LogP contribution in [-0.4, -0.2) is 0 Å². The molecule has 2 N–H and O–H groups in total. The van der Waals surface area contributed by atoms with E-state index in [4.69, 9.17) is 22.6 Å². The maximum Gasteiger partial charge on any atom is 0.0670 e. The van der Waals surface area contributed by atoms with Crippen molar-refractivity contribution in [1.82, 2.24) is 0 Å². The van der Waals surface area contributed by atoms with Gasteiger partial charge < -0.3 is 5.73 Å². The second-order valence-electron chi connectivity index (χ2n) is 2.27. The number of hydrogen-bond donors (Lipinski definition) is 1. The molecule has 1 rings (SSSR count). The number of nitrogens with two attached hydrogens (primary N) is 1. The van der Waals surface area contributed by atoms with Crippen LogP contribution in [0.2, 0.25) is 5.02 Å². The Morgan fingerprint density at radius 2 is 2.25 bits per heavy atom. The lowest BCUT2D eigenvalue weighted by Crippen LogP contribution is -1.94. The van der Waals surface area contributed by atoms with Crippen LogP contribution in [-0.2, 0) is 6.42 Å². The third-order valence-corrected chi connectivity index (χ3v) is 2.89. The Morgan fingerprint density at radius 3 is 2.83 bits per heavy atom. The Kier molecular flexibility index (Phi) is 2.96. The number of rotatable bonds is 1. The van der Waals surface area contributed by atoms with Crippen molar-refractivity contribution in [2.45, 2.75) is 6.42 Å². The van der Waals surface area contributed by atoms with Gasteiger partial charge in [-0.3, -0.25) is 0 Å². The maximum atomic E-state index is 8.45. The van der Waals surface area contributed by atoms with Crippen LogP contribution in [0.4, 0.5) is 5.69 Å². The summed E-state index contributed by atoms with van der Waals surface area (Å²) in [6.07, 6.45) is 0.307. The van der Waals surface area contributed by atoms with Gasteiger partial charge in [-0.05, 0) is 27.6 Å². The molecule has 0 amide bonds. The van der Waals surface area contributed by atoms with Crippen molar-refractivity contribution < 1.29 is 0 Å². The number of benzene rings is 1. The number of anilines is 1. The molecule has 0 atom stereocenters. The van der Waals surface area contributed by atoms with E-state index in [2.05, 4.69) is 15.9 Å². The molecule has 1 aromatic carbocycles. The molecule has 0 aliphatic heterocycles. The molecule has 0 aromatic heterocycles. The van der Waals surface area contributed by atoms with Gasteiger partial charge in [0.05, 0.1) is 27.7 Å². The van der Waals surface area contributed by atoms with Gasteiger partial charge in [-0.2, -0.15) is 5.26 Å². The zero-order valence-corrected chi connectivity index (χ0v) is 8.48. The fraction of sp³-hybridized carbons (Fsp3) is 0.125. The van der Waals surface area contributed by atoms with Gasteiger partial charge in [0.1, 0.15) is 0 Å². The van der Waals surface area contributed by atoms with E-state index in [1.165, 1.54) is 0 Å². The van der Waals surface area contributed by atoms with E-state index in [0.717, 1.165) is 5.56 Å². The number of hydrogen-bond acceptors (Lipinski definition) is 2. The van der Waals surface area contributed by atoms with E-state index in [1.807, 2.05) is 6.07 Å². The predicted octanol–water partition coefficient (Wildman–Crippen LogP) is 2.75. The van der Waals surface area contributed by atoms with Crippen molar-refractivity contribution in [3.05, 3.63) is 27.2 Å². The van der Waals surface area contributed by atoms with Crippen LogP contribution in [0.1, 0.15) is 5.56 Å². The number of halogens is 2. The summed E-state index contributed by atoms with van der Waals surface area (Å²) in [5.74, 6) is 0. The summed E-state index contributed by atoms with van der Waals surface area (Å²) in [6.45, 7) is 0. The Morgan fingerprint density at radius 1 is 1.58 bits per heavy atom. The van der Waals surface area contributed by atoms with Gasteiger partial charge in [-0.15, -0.1) is 0 Å². The highest BCUT2D eigenvalue weighted by Gasteiger charge is 2.05. The molecule has 4 heteroatoms. The molecule has 0 aliphatic rings. The van der Waals surface area contributed by atoms with Gasteiger partial charge >= 0.3 is 0 Å². The molecule has 0 aliphatic carbocycles. The van der Waals surface area contributed by atoms with Crippen molar-refractivity contribution in [3.8, 4) is 6.07 Å². The fourth-order valence-corrected chi connectivity index (χ4v) is 1.40. The zero-order valence-electron chi connectivity index (χ0n) is 6.14. The summed E-state index contributed by atoms with van der Waals surface area (Å²) in [7, 11) is 0. The van der Waals surface area contributed by atoms with Gasteiger partial charge in [0.25, 0.3) is 0 Å². The first-order valence-electron chi connectivity index (χ1n) is 3.26. The standard InChI is InChI=1S/C8H6BrClN2/c9-7-6(10)2-1-5(3-4-11)8(7)12/h1-2H,3,12H2.